The largest absolute Gasteiger partial charge is 0.356 e. The van der Waals surface area contributed by atoms with E-state index in [0.717, 1.165) is 5.56 Å². The summed E-state index contributed by atoms with van der Waals surface area (Å²) < 4.78 is 0. The average Bonchev–Trinajstić information content (AvgIpc) is 2.73. The molecule has 0 aliphatic heterocycles. The van der Waals surface area contributed by atoms with Crippen LogP contribution in [-0.2, 0) is 16.1 Å². The molecule has 0 saturated carbocycles. The third-order valence-electron chi connectivity index (χ3n) is 4.27. The zero-order valence-corrected chi connectivity index (χ0v) is 17.7. The van der Waals surface area contributed by atoms with E-state index in [1.54, 1.807) is 36.2 Å². The molecule has 0 bridgehead atoms. The molecule has 0 aromatic heterocycles. The molecule has 0 heterocycles. The summed E-state index contributed by atoms with van der Waals surface area (Å²) in [5.41, 5.74) is 1.72. The maximum atomic E-state index is 12.1. The lowest BCUT2D eigenvalue weighted by Crippen LogP contribution is -2.38. The highest BCUT2D eigenvalue weighted by Gasteiger charge is 2.09. The number of anilines is 1. The van der Waals surface area contributed by atoms with E-state index in [0.29, 0.717) is 36.6 Å². The fourth-order valence-electron chi connectivity index (χ4n) is 2.67. The standard InChI is InChI=1S/C22H27ClN4O3/c1-27(16-17-6-3-2-4-7-17)22(30)25-15-13-20(28)24-14-5-8-21(29)26-19-11-9-18(23)10-12-19/h2-4,6-7,9-12H,5,8,13-16H2,1H3,(H,24,28)(H,25,30)(H,26,29). The zero-order chi connectivity index (χ0) is 21.8. The summed E-state index contributed by atoms with van der Waals surface area (Å²) in [4.78, 5) is 37.4. The van der Waals surface area contributed by atoms with Crippen molar-refractivity contribution in [3.63, 3.8) is 0 Å². The average molecular weight is 431 g/mol. The van der Waals surface area contributed by atoms with E-state index in [9.17, 15) is 14.4 Å². The minimum atomic E-state index is -0.231. The van der Waals surface area contributed by atoms with Crippen LogP contribution in [0.1, 0.15) is 24.8 Å². The highest BCUT2D eigenvalue weighted by Crippen LogP contribution is 2.13. The summed E-state index contributed by atoms with van der Waals surface area (Å²) in [6, 6.07) is 16.3. The molecule has 0 aliphatic carbocycles. The van der Waals surface area contributed by atoms with Gasteiger partial charge in [0, 0.05) is 50.2 Å². The number of urea groups is 1. The molecule has 2 aromatic carbocycles. The number of carbonyl (C=O) groups excluding carboxylic acids is 3. The Morgan fingerprint density at radius 3 is 2.27 bits per heavy atom. The summed E-state index contributed by atoms with van der Waals surface area (Å²) in [7, 11) is 1.71. The summed E-state index contributed by atoms with van der Waals surface area (Å²) in [5.74, 6) is -0.292. The molecule has 8 heteroatoms. The van der Waals surface area contributed by atoms with Crippen molar-refractivity contribution in [1.82, 2.24) is 15.5 Å². The molecule has 3 N–H and O–H groups in total. The Bertz CT molecular complexity index is 828. The van der Waals surface area contributed by atoms with E-state index in [4.69, 9.17) is 11.6 Å². The molecule has 0 fully saturated rings. The second-order valence-electron chi connectivity index (χ2n) is 6.83. The summed E-state index contributed by atoms with van der Waals surface area (Å²) in [6.07, 6.45) is 1.00. The van der Waals surface area contributed by atoms with Crippen molar-refractivity contribution in [3.8, 4) is 0 Å². The van der Waals surface area contributed by atoms with Crippen LogP contribution in [0, 0.1) is 0 Å². The van der Waals surface area contributed by atoms with Crippen LogP contribution < -0.4 is 16.0 Å². The van der Waals surface area contributed by atoms with Gasteiger partial charge in [-0.1, -0.05) is 41.9 Å². The lowest BCUT2D eigenvalue weighted by molar-refractivity contribution is -0.121. The Morgan fingerprint density at radius 2 is 1.57 bits per heavy atom. The topological polar surface area (TPSA) is 90.5 Å². The molecule has 0 radical (unpaired) electrons. The number of hydrogen-bond acceptors (Lipinski definition) is 3. The van der Waals surface area contributed by atoms with Crippen LogP contribution in [0.25, 0.3) is 0 Å². The van der Waals surface area contributed by atoms with Gasteiger partial charge < -0.3 is 20.9 Å². The van der Waals surface area contributed by atoms with E-state index in [-0.39, 0.29) is 30.8 Å². The Balaban J connectivity index is 1.53. The van der Waals surface area contributed by atoms with Gasteiger partial charge in [0.2, 0.25) is 11.8 Å². The van der Waals surface area contributed by atoms with Crippen LogP contribution in [0.5, 0.6) is 0 Å². The molecule has 0 saturated heterocycles. The molecule has 2 rings (SSSR count). The van der Waals surface area contributed by atoms with Gasteiger partial charge in [0.05, 0.1) is 0 Å². The first-order valence-electron chi connectivity index (χ1n) is 9.79. The van der Waals surface area contributed by atoms with E-state index < -0.39 is 0 Å². The predicted octanol–water partition coefficient (Wildman–Crippen LogP) is 3.41. The minimum absolute atomic E-state index is 0.125. The first-order valence-corrected chi connectivity index (χ1v) is 10.2. The number of amides is 4. The maximum Gasteiger partial charge on any atom is 0.317 e. The first-order chi connectivity index (χ1) is 14.4. The van der Waals surface area contributed by atoms with E-state index >= 15 is 0 Å². The second-order valence-corrected chi connectivity index (χ2v) is 7.27. The van der Waals surface area contributed by atoms with Crippen molar-refractivity contribution in [1.29, 1.82) is 0 Å². The number of halogens is 1. The Kier molecular flexibility index (Phi) is 9.67. The van der Waals surface area contributed by atoms with Gasteiger partial charge in [-0.25, -0.2) is 4.79 Å². The highest BCUT2D eigenvalue weighted by molar-refractivity contribution is 6.30. The maximum absolute atomic E-state index is 12.1. The number of nitrogens with one attached hydrogen (secondary N) is 3. The van der Waals surface area contributed by atoms with Crippen LogP contribution in [0.2, 0.25) is 5.02 Å². The molecule has 0 unspecified atom stereocenters. The molecule has 4 amide bonds. The van der Waals surface area contributed by atoms with Crippen molar-refractivity contribution in [2.75, 3.05) is 25.5 Å². The van der Waals surface area contributed by atoms with Crippen molar-refractivity contribution < 1.29 is 14.4 Å². The van der Waals surface area contributed by atoms with Crippen LogP contribution in [0.3, 0.4) is 0 Å². The smallest absolute Gasteiger partial charge is 0.317 e. The fourth-order valence-corrected chi connectivity index (χ4v) is 2.79. The normalized spacial score (nSPS) is 10.2. The zero-order valence-electron chi connectivity index (χ0n) is 17.0. The SMILES string of the molecule is CN(Cc1ccccc1)C(=O)NCCC(=O)NCCCC(=O)Nc1ccc(Cl)cc1. The Labute approximate surface area is 181 Å². The third-order valence-corrected chi connectivity index (χ3v) is 4.52. The van der Waals surface area contributed by atoms with Crippen molar-refractivity contribution >= 4 is 35.1 Å². The molecule has 0 aliphatic rings. The van der Waals surface area contributed by atoms with Crippen molar-refractivity contribution in [3.05, 3.63) is 65.2 Å². The van der Waals surface area contributed by atoms with Crippen LogP contribution >= 0.6 is 11.6 Å². The van der Waals surface area contributed by atoms with Gasteiger partial charge in [0.15, 0.2) is 0 Å². The molecule has 0 atom stereocenters. The van der Waals surface area contributed by atoms with Crippen molar-refractivity contribution in [2.45, 2.75) is 25.8 Å². The number of hydrogen-bond donors (Lipinski definition) is 3. The van der Waals surface area contributed by atoms with Crippen LogP contribution in [0.15, 0.2) is 54.6 Å². The van der Waals surface area contributed by atoms with Gasteiger partial charge >= 0.3 is 6.03 Å². The summed E-state index contributed by atoms with van der Waals surface area (Å²) >= 11 is 5.80. The monoisotopic (exact) mass is 430 g/mol. The molecule has 30 heavy (non-hydrogen) atoms. The molecular formula is C22H27ClN4O3. The summed E-state index contributed by atoms with van der Waals surface area (Å²) in [5, 5.41) is 8.85. The van der Waals surface area contributed by atoms with Gasteiger partial charge in [0.1, 0.15) is 0 Å². The lowest BCUT2D eigenvalue weighted by Gasteiger charge is -2.18. The first kappa shape index (κ1) is 23.2. The molecular weight excluding hydrogens is 404 g/mol. The molecule has 2 aromatic rings. The molecule has 7 nitrogen and oxygen atoms in total. The van der Waals surface area contributed by atoms with Crippen LogP contribution in [-0.4, -0.2) is 42.9 Å². The van der Waals surface area contributed by atoms with E-state index in [2.05, 4.69) is 16.0 Å². The van der Waals surface area contributed by atoms with E-state index in [1.807, 2.05) is 30.3 Å². The van der Waals surface area contributed by atoms with Gasteiger partial charge in [0.25, 0.3) is 0 Å². The Morgan fingerprint density at radius 1 is 0.867 bits per heavy atom. The number of benzene rings is 2. The lowest BCUT2D eigenvalue weighted by atomic mass is 10.2. The third kappa shape index (κ3) is 8.96. The molecule has 0 spiro atoms. The van der Waals surface area contributed by atoms with Crippen molar-refractivity contribution in [2.24, 2.45) is 0 Å². The quantitative estimate of drug-likeness (QED) is 0.504. The highest BCUT2D eigenvalue weighted by atomic mass is 35.5. The van der Waals surface area contributed by atoms with Gasteiger partial charge in [-0.3, -0.25) is 9.59 Å². The predicted molar refractivity (Wildman–Crippen MR) is 118 cm³/mol. The number of nitrogens with zero attached hydrogens (tertiary/aromatic N) is 1. The summed E-state index contributed by atoms with van der Waals surface area (Å²) in [6.45, 7) is 1.15. The van der Waals surface area contributed by atoms with Gasteiger partial charge in [-0.2, -0.15) is 0 Å². The van der Waals surface area contributed by atoms with E-state index in [1.165, 1.54) is 0 Å². The van der Waals surface area contributed by atoms with Gasteiger partial charge in [-0.15, -0.1) is 0 Å². The fraction of sp³-hybridized carbons (Fsp3) is 0.318. The Hall–Kier alpha value is -3.06. The second kappa shape index (κ2) is 12.5. The van der Waals surface area contributed by atoms with Crippen LogP contribution in [0.4, 0.5) is 10.5 Å². The minimum Gasteiger partial charge on any atom is -0.356 e. The van der Waals surface area contributed by atoms with Gasteiger partial charge in [-0.05, 0) is 36.2 Å². The molecule has 160 valence electrons. The number of carbonyl (C=O) groups is 3. The number of rotatable bonds is 10.